The summed E-state index contributed by atoms with van der Waals surface area (Å²) in [6, 6.07) is 1.10. The third kappa shape index (κ3) is 2.98. The number of halogens is 3. The molecule has 1 aromatic carbocycles. The number of nitrogens with zero attached hydrogens (tertiary/aromatic N) is 3. The number of Topliss-reactive ketones (excluding diaryl/α,β-unsaturated/α-hetero) is 1. The van der Waals surface area contributed by atoms with Crippen molar-refractivity contribution in [1.29, 1.82) is 0 Å². The number of hydrazine groups is 1. The van der Waals surface area contributed by atoms with Gasteiger partial charge in [-0.1, -0.05) is 6.08 Å². The Morgan fingerprint density at radius 3 is 2.63 bits per heavy atom. The van der Waals surface area contributed by atoms with E-state index in [0.717, 1.165) is 5.70 Å². The van der Waals surface area contributed by atoms with Crippen LogP contribution in [-0.4, -0.2) is 52.3 Å². The van der Waals surface area contributed by atoms with E-state index in [2.05, 4.69) is 5.32 Å². The highest BCUT2D eigenvalue weighted by Gasteiger charge is 2.59. The fraction of sp³-hybridized carbons (Fsp3) is 0.350. The lowest BCUT2D eigenvalue weighted by molar-refractivity contribution is -0.151. The molecule has 1 saturated carbocycles. The van der Waals surface area contributed by atoms with Gasteiger partial charge in [-0.05, 0) is 6.42 Å². The van der Waals surface area contributed by atoms with Gasteiger partial charge in [0.25, 0.3) is 5.91 Å². The highest BCUT2D eigenvalue weighted by atomic mass is 19.1. The van der Waals surface area contributed by atoms with E-state index in [4.69, 9.17) is 0 Å². The van der Waals surface area contributed by atoms with Gasteiger partial charge in [0.05, 0.1) is 18.3 Å². The van der Waals surface area contributed by atoms with Gasteiger partial charge < -0.3 is 5.32 Å². The van der Waals surface area contributed by atoms with E-state index >= 15 is 0 Å². The molecule has 0 radical (unpaired) electrons. The topological polar surface area (TPSA) is 73.0 Å². The molecule has 1 aromatic rings. The van der Waals surface area contributed by atoms with Gasteiger partial charge in [-0.3, -0.25) is 24.3 Å². The van der Waals surface area contributed by atoms with E-state index in [-0.39, 0.29) is 24.0 Å². The first-order valence-corrected chi connectivity index (χ1v) is 9.51. The number of nitrogens with one attached hydrogen (secondary N) is 1. The molecule has 2 saturated heterocycles. The Hall–Kier alpha value is -3.14. The van der Waals surface area contributed by atoms with Gasteiger partial charge >= 0.3 is 0 Å². The van der Waals surface area contributed by atoms with Gasteiger partial charge in [0.15, 0.2) is 5.78 Å². The SMILES string of the molecule is O=C(NCc1c(F)cc(F)cc1F)C1=CN2C(=CC1)CN1CC3C(=O)C3C(=O)N2C1. The number of rotatable bonds is 3. The zero-order valence-electron chi connectivity index (χ0n) is 15.7. The molecule has 5 rings (SSSR count). The van der Waals surface area contributed by atoms with Crippen LogP contribution >= 0.6 is 0 Å². The first-order valence-electron chi connectivity index (χ1n) is 9.51. The second-order valence-corrected chi connectivity index (χ2v) is 7.81. The first kappa shape index (κ1) is 18.9. The number of fused-ring (bicyclic) bond motifs is 5. The molecule has 3 unspecified atom stereocenters. The van der Waals surface area contributed by atoms with E-state index in [1.165, 1.54) is 11.2 Å². The zero-order valence-corrected chi connectivity index (χ0v) is 15.7. The van der Waals surface area contributed by atoms with Crippen molar-refractivity contribution in [3.8, 4) is 0 Å². The molecule has 1 aliphatic carbocycles. The van der Waals surface area contributed by atoms with Crippen molar-refractivity contribution in [3.05, 3.63) is 58.7 Å². The summed E-state index contributed by atoms with van der Waals surface area (Å²) in [5.74, 6) is -4.96. The van der Waals surface area contributed by atoms with E-state index in [1.807, 2.05) is 11.0 Å². The van der Waals surface area contributed by atoms with E-state index in [9.17, 15) is 27.6 Å². The van der Waals surface area contributed by atoms with E-state index in [0.29, 0.717) is 37.5 Å². The molecule has 3 atom stereocenters. The first-order chi connectivity index (χ1) is 14.3. The fourth-order valence-electron chi connectivity index (χ4n) is 4.19. The minimum absolute atomic E-state index is 0.0514. The minimum Gasteiger partial charge on any atom is -0.348 e. The molecule has 3 aliphatic heterocycles. The molecule has 0 spiro atoms. The second-order valence-electron chi connectivity index (χ2n) is 7.81. The van der Waals surface area contributed by atoms with Crippen LogP contribution in [0.1, 0.15) is 12.0 Å². The molecule has 2 bridgehead atoms. The highest BCUT2D eigenvalue weighted by Crippen LogP contribution is 2.41. The van der Waals surface area contributed by atoms with Gasteiger partial charge in [-0.25, -0.2) is 18.2 Å². The molecule has 156 valence electrons. The van der Waals surface area contributed by atoms with Crippen LogP contribution in [0.4, 0.5) is 13.2 Å². The van der Waals surface area contributed by atoms with Crippen LogP contribution in [0.5, 0.6) is 0 Å². The maximum atomic E-state index is 13.8. The second kappa shape index (κ2) is 6.69. The van der Waals surface area contributed by atoms with E-state index in [1.54, 1.807) is 5.01 Å². The smallest absolute Gasteiger partial charge is 0.254 e. The van der Waals surface area contributed by atoms with Crippen LogP contribution in [0.15, 0.2) is 35.7 Å². The summed E-state index contributed by atoms with van der Waals surface area (Å²) in [5, 5.41) is 5.48. The Balaban J connectivity index is 1.33. The van der Waals surface area contributed by atoms with Crippen LogP contribution in [0.2, 0.25) is 0 Å². The summed E-state index contributed by atoms with van der Waals surface area (Å²) >= 11 is 0. The Morgan fingerprint density at radius 2 is 1.90 bits per heavy atom. The average molecular weight is 418 g/mol. The summed E-state index contributed by atoms with van der Waals surface area (Å²) in [5.41, 5.74) is 0.688. The Labute approximate surface area is 169 Å². The molecule has 10 heteroatoms. The maximum absolute atomic E-state index is 13.8. The van der Waals surface area contributed by atoms with Crippen LogP contribution < -0.4 is 5.32 Å². The molecule has 1 N–H and O–H groups in total. The molecule has 0 aromatic heterocycles. The van der Waals surface area contributed by atoms with Gasteiger partial charge in [-0.2, -0.15) is 0 Å². The summed E-state index contributed by atoms with van der Waals surface area (Å²) in [4.78, 5) is 39.2. The lowest BCUT2D eigenvalue weighted by atomic mass is 10.1. The maximum Gasteiger partial charge on any atom is 0.254 e. The van der Waals surface area contributed by atoms with Crippen LogP contribution in [0.25, 0.3) is 0 Å². The third-order valence-electron chi connectivity index (χ3n) is 5.87. The number of benzene rings is 1. The third-order valence-corrected chi connectivity index (χ3v) is 5.87. The zero-order chi connectivity index (χ0) is 21.2. The van der Waals surface area contributed by atoms with Gasteiger partial charge in [-0.15, -0.1) is 0 Å². The highest BCUT2D eigenvalue weighted by molar-refractivity contribution is 6.16. The number of carbonyl (C=O) groups is 3. The predicted molar refractivity (Wildman–Crippen MR) is 96.1 cm³/mol. The van der Waals surface area contributed by atoms with Crippen molar-refractivity contribution >= 4 is 17.6 Å². The molecular weight excluding hydrogens is 401 g/mol. The van der Waals surface area contributed by atoms with Gasteiger partial charge in [0, 0.05) is 49.1 Å². The summed E-state index contributed by atoms with van der Waals surface area (Å²) in [6.07, 6.45) is 3.62. The minimum atomic E-state index is -1.08. The quantitative estimate of drug-likeness (QED) is 0.743. The largest absolute Gasteiger partial charge is 0.348 e. The summed E-state index contributed by atoms with van der Waals surface area (Å²) in [7, 11) is 0. The van der Waals surface area contributed by atoms with Crippen LogP contribution in [-0.2, 0) is 20.9 Å². The van der Waals surface area contributed by atoms with Gasteiger partial charge in [0.2, 0.25) is 5.91 Å². The van der Waals surface area contributed by atoms with Crippen molar-refractivity contribution in [1.82, 2.24) is 20.2 Å². The molecule has 30 heavy (non-hydrogen) atoms. The lowest BCUT2D eigenvalue weighted by Crippen LogP contribution is -2.56. The van der Waals surface area contributed by atoms with Crippen LogP contribution in [0.3, 0.4) is 0 Å². The standard InChI is InChI=1S/C20H17F3N4O3/c21-11-3-15(22)13(16(23)4-11)5-24-19(29)10-1-2-12-7-25-8-14-17(18(14)28)20(30)27(9-25)26(12)6-10/h2-4,6,14,17H,1,5,7-9H2,(H,24,29). The summed E-state index contributed by atoms with van der Waals surface area (Å²) in [6.45, 7) is 0.980. The Kier molecular flexibility index (Phi) is 4.21. The Morgan fingerprint density at radius 1 is 1.17 bits per heavy atom. The van der Waals surface area contributed by atoms with Gasteiger partial charge in [0.1, 0.15) is 23.4 Å². The predicted octanol–water partition coefficient (Wildman–Crippen LogP) is 1.04. The number of amides is 2. The number of carbonyl (C=O) groups excluding carboxylic acids is 3. The lowest BCUT2D eigenvalue weighted by Gasteiger charge is -2.45. The molecule has 7 nitrogen and oxygen atoms in total. The Bertz CT molecular complexity index is 1030. The van der Waals surface area contributed by atoms with Crippen molar-refractivity contribution in [2.24, 2.45) is 11.8 Å². The molecular formula is C20H17F3N4O3. The van der Waals surface area contributed by atoms with Crippen molar-refractivity contribution < 1.29 is 27.6 Å². The normalized spacial score (nSPS) is 27.0. The van der Waals surface area contributed by atoms with Crippen molar-refractivity contribution in [3.63, 3.8) is 0 Å². The number of hydrogen-bond donors (Lipinski definition) is 1. The molecule has 2 amide bonds. The molecule has 3 fully saturated rings. The van der Waals surface area contributed by atoms with Crippen molar-refractivity contribution in [2.45, 2.75) is 13.0 Å². The molecule has 3 heterocycles. The average Bonchev–Trinajstić information content (AvgIpc) is 3.35. The number of ketones is 1. The molecule has 4 aliphatic rings. The monoisotopic (exact) mass is 418 g/mol. The number of allylic oxidation sites excluding steroid dienone is 1. The number of hydrogen-bond acceptors (Lipinski definition) is 5. The fourth-order valence-corrected chi connectivity index (χ4v) is 4.19. The summed E-state index contributed by atoms with van der Waals surface area (Å²) < 4.78 is 40.6. The van der Waals surface area contributed by atoms with Crippen molar-refractivity contribution in [2.75, 3.05) is 19.8 Å². The van der Waals surface area contributed by atoms with Crippen LogP contribution in [0, 0.1) is 29.3 Å². The van der Waals surface area contributed by atoms with E-state index < -0.39 is 41.4 Å².